The van der Waals surface area contributed by atoms with Gasteiger partial charge in [-0.2, -0.15) is 0 Å². The molecular formula is C26H20N4O10. The molecule has 1 aliphatic rings. The number of hydrazine groups is 1. The number of nitro benzene ring substituents is 2. The molecule has 14 nitrogen and oxygen atoms in total. The summed E-state index contributed by atoms with van der Waals surface area (Å²) in [5.74, 6) is -2.67. The number of carbonyl (C=O) groups excluding carboxylic acids is 4. The second kappa shape index (κ2) is 11.8. The Morgan fingerprint density at radius 1 is 0.825 bits per heavy atom. The van der Waals surface area contributed by atoms with Crippen molar-refractivity contribution in [2.45, 2.75) is 6.42 Å². The van der Waals surface area contributed by atoms with Gasteiger partial charge in [0, 0.05) is 41.8 Å². The number of non-ortho nitro benzene ring substituents is 2. The summed E-state index contributed by atoms with van der Waals surface area (Å²) in [5, 5.41) is 22.4. The highest BCUT2D eigenvalue weighted by Crippen LogP contribution is 2.24. The van der Waals surface area contributed by atoms with E-state index in [1.54, 1.807) is 0 Å². The topological polar surface area (TPSA) is 188 Å². The molecule has 204 valence electrons. The van der Waals surface area contributed by atoms with Crippen LogP contribution in [0.4, 0.5) is 11.4 Å². The summed E-state index contributed by atoms with van der Waals surface area (Å²) >= 11 is 0. The van der Waals surface area contributed by atoms with Crippen LogP contribution in [0.1, 0.15) is 27.1 Å². The monoisotopic (exact) mass is 548 g/mol. The summed E-state index contributed by atoms with van der Waals surface area (Å²) in [4.78, 5) is 69.9. The van der Waals surface area contributed by atoms with Crippen LogP contribution in [0.2, 0.25) is 0 Å². The molecule has 0 bridgehead atoms. The fourth-order valence-corrected chi connectivity index (χ4v) is 3.71. The van der Waals surface area contributed by atoms with Crippen LogP contribution in [0.25, 0.3) is 0 Å². The molecule has 2 amide bonds. The number of Topliss-reactive ketones (excluding diaryl/α,β-unsaturated/α-hetero) is 1. The van der Waals surface area contributed by atoms with Crippen LogP contribution in [-0.4, -0.2) is 51.6 Å². The molecule has 0 radical (unpaired) electrons. The molecule has 14 heteroatoms. The van der Waals surface area contributed by atoms with Gasteiger partial charge in [0.15, 0.2) is 12.4 Å². The van der Waals surface area contributed by atoms with E-state index in [0.717, 1.165) is 17.1 Å². The van der Waals surface area contributed by atoms with Gasteiger partial charge in [0.25, 0.3) is 17.3 Å². The first kappa shape index (κ1) is 27.4. The van der Waals surface area contributed by atoms with E-state index in [1.807, 2.05) is 0 Å². The van der Waals surface area contributed by atoms with E-state index in [1.165, 1.54) is 60.7 Å². The fourth-order valence-electron chi connectivity index (χ4n) is 3.71. The van der Waals surface area contributed by atoms with Crippen LogP contribution in [-0.2, 0) is 14.3 Å². The van der Waals surface area contributed by atoms with E-state index >= 15 is 0 Å². The Bertz CT molecular complexity index is 1470. The summed E-state index contributed by atoms with van der Waals surface area (Å²) in [6.45, 7) is -0.736. The van der Waals surface area contributed by atoms with Gasteiger partial charge in [0.05, 0.1) is 22.3 Å². The van der Waals surface area contributed by atoms with Gasteiger partial charge >= 0.3 is 5.97 Å². The van der Waals surface area contributed by atoms with Gasteiger partial charge in [-0.3, -0.25) is 49.8 Å². The van der Waals surface area contributed by atoms with Crippen LogP contribution in [0.5, 0.6) is 11.5 Å². The lowest BCUT2D eigenvalue weighted by Crippen LogP contribution is -2.43. The number of hydrogen-bond acceptors (Lipinski definition) is 10. The molecule has 0 aliphatic carbocycles. The van der Waals surface area contributed by atoms with Crippen molar-refractivity contribution in [2.24, 2.45) is 5.92 Å². The Hall–Kier alpha value is -5.66. The van der Waals surface area contributed by atoms with Gasteiger partial charge in [0.2, 0.25) is 5.91 Å². The van der Waals surface area contributed by atoms with Crippen molar-refractivity contribution in [3.05, 3.63) is 104 Å². The molecule has 1 aliphatic heterocycles. The van der Waals surface area contributed by atoms with Crippen LogP contribution < -0.4 is 10.2 Å². The van der Waals surface area contributed by atoms with Crippen molar-refractivity contribution in [1.29, 1.82) is 0 Å². The molecule has 1 fully saturated rings. The number of esters is 1. The van der Waals surface area contributed by atoms with Gasteiger partial charge < -0.3 is 9.47 Å². The van der Waals surface area contributed by atoms with Crippen LogP contribution in [0.3, 0.4) is 0 Å². The first-order chi connectivity index (χ1) is 19.1. The van der Waals surface area contributed by atoms with Crippen molar-refractivity contribution < 1.29 is 38.5 Å². The highest BCUT2D eigenvalue weighted by Gasteiger charge is 2.36. The zero-order chi connectivity index (χ0) is 28.8. The molecule has 4 rings (SSSR count). The van der Waals surface area contributed by atoms with Crippen LogP contribution in [0, 0.1) is 26.1 Å². The van der Waals surface area contributed by atoms with Crippen molar-refractivity contribution in [1.82, 2.24) is 10.4 Å². The van der Waals surface area contributed by atoms with E-state index in [0.29, 0.717) is 11.5 Å². The Balaban J connectivity index is 1.25. The standard InChI is InChI=1S/C26H20N4O10/c31-23(16-3-9-21(10-4-16)40-22-11-7-20(8-12-22)30(37)38)15-39-26(34)18-13-24(32)28(14-18)27-25(33)17-1-5-19(6-2-17)29(35)36/h1-12,18H,13-15H2,(H,27,33)/t18-/m0/s1. The number of ketones is 1. The van der Waals surface area contributed by atoms with Crippen molar-refractivity contribution in [3.8, 4) is 11.5 Å². The average molecular weight is 548 g/mol. The summed E-state index contributed by atoms with van der Waals surface area (Å²) in [5.41, 5.74) is 2.40. The fraction of sp³-hybridized carbons (Fsp3) is 0.154. The number of nitrogens with zero attached hydrogens (tertiary/aromatic N) is 3. The van der Waals surface area contributed by atoms with Gasteiger partial charge in [-0.15, -0.1) is 0 Å². The van der Waals surface area contributed by atoms with Crippen LogP contribution in [0.15, 0.2) is 72.8 Å². The molecule has 3 aromatic rings. The van der Waals surface area contributed by atoms with Crippen molar-refractivity contribution in [2.75, 3.05) is 13.2 Å². The molecule has 1 N–H and O–H groups in total. The zero-order valence-corrected chi connectivity index (χ0v) is 20.6. The number of nitro groups is 2. The minimum absolute atomic E-state index is 0.0791. The lowest BCUT2D eigenvalue weighted by molar-refractivity contribution is -0.385. The van der Waals surface area contributed by atoms with Gasteiger partial charge in [-0.25, -0.2) is 0 Å². The number of rotatable bonds is 10. The second-order valence-electron chi connectivity index (χ2n) is 8.56. The van der Waals surface area contributed by atoms with E-state index in [-0.39, 0.29) is 35.5 Å². The number of ether oxygens (including phenoxy) is 2. The molecule has 1 heterocycles. The summed E-state index contributed by atoms with van der Waals surface area (Å²) in [7, 11) is 0. The van der Waals surface area contributed by atoms with E-state index < -0.39 is 45.9 Å². The third-order valence-electron chi connectivity index (χ3n) is 5.84. The smallest absolute Gasteiger partial charge is 0.311 e. The minimum Gasteiger partial charge on any atom is -0.457 e. The van der Waals surface area contributed by atoms with Crippen molar-refractivity contribution >= 4 is 34.9 Å². The van der Waals surface area contributed by atoms with E-state index in [9.17, 15) is 39.4 Å². The predicted molar refractivity (Wildman–Crippen MR) is 135 cm³/mol. The molecule has 0 unspecified atom stereocenters. The van der Waals surface area contributed by atoms with E-state index in [4.69, 9.17) is 9.47 Å². The summed E-state index contributed by atoms with van der Waals surface area (Å²) in [6, 6.07) is 16.2. The van der Waals surface area contributed by atoms with Gasteiger partial charge in [-0.05, 0) is 48.5 Å². The normalized spacial score (nSPS) is 14.3. The summed E-state index contributed by atoms with van der Waals surface area (Å²) in [6.07, 6.45) is -0.234. The van der Waals surface area contributed by atoms with E-state index in [2.05, 4.69) is 5.43 Å². The molecule has 0 aromatic heterocycles. The van der Waals surface area contributed by atoms with Crippen molar-refractivity contribution in [3.63, 3.8) is 0 Å². The average Bonchev–Trinajstić information content (AvgIpc) is 3.32. The quantitative estimate of drug-likeness (QED) is 0.170. The maximum absolute atomic E-state index is 12.5. The Kier molecular flexibility index (Phi) is 8.08. The van der Waals surface area contributed by atoms with Gasteiger partial charge in [0.1, 0.15) is 11.5 Å². The third-order valence-corrected chi connectivity index (χ3v) is 5.84. The third kappa shape index (κ3) is 6.61. The first-order valence-corrected chi connectivity index (χ1v) is 11.7. The Morgan fingerprint density at radius 3 is 1.88 bits per heavy atom. The first-order valence-electron chi connectivity index (χ1n) is 11.7. The largest absolute Gasteiger partial charge is 0.457 e. The number of nitrogens with one attached hydrogen (secondary N) is 1. The Morgan fingerprint density at radius 2 is 1.32 bits per heavy atom. The maximum Gasteiger partial charge on any atom is 0.311 e. The molecule has 40 heavy (non-hydrogen) atoms. The molecule has 0 saturated carbocycles. The highest BCUT2D eigenvalue weighted by atomic mass is 16.6. The van der Waals surface area contributed by atoms with Crippen LogP contribution >= 0.6 is 0 Å². The number of carbonyl (C=O) groups is 4. The minimum atomic E-state index is -0.907. The molecular weight excluding hydrogens is 528 g/mol. The number of benzene rings is 3. The molecule has 3 aromatic carbocycles. The predicted octanol–water partition coefficient (Wildman–Crippen LogP) is 3.21. The molecule has 1 saturated heterocycles. The van der Waals surface area contributed by atoms with Gasteiger partial charge in [-0.1, -0.05) is 0 Å². The lowest BCUT2D eigenvalue weighted by atomic mass is 10.1. The molecule has 1 atom stereocenters. The maximum atomic E-state index is 12.5. The number of hydrogen-bond donors (Lipinski definition) is 1. The second-order valence-corrected chi connectivity index (χ2v) is 8.56. The lowest BCUT2D eigenvalue weighted by Gasteiger charge is -2.17. The summed E-state index contributed by atoms with van der Waals surface area (Å²) < 4.78 is 10.7. The Labute approximate surface area is 225 Å². The number of amides is 2. The SMILES string of the molecule is O=C(COC(=O)[C@H]1CC(=O)N(NC(=O)c2ccc([N+](=O)[O-])cc2)C1)c1ccc(Oc2ccc([N+](=O)[O-])cc2)cc1. The molecule has 0 spiro atoms. The zero-order valence-electron chi connectivity index (χ0n) is 20.6. The highest BCUT2D eigenvalue weighted by molar-refractivity contribution is 5.99.